The molecule has 16 heavy (non-hydrogen) atoms. The van der Waals surface area contributed by atoms with Crippen LogP contribution in [0.1, 0.15) is 53.4 Å². The number of rotatable bonds is 10. The predicted molar refractivity (Wildman–Crippen MR) is 73.9 cm³/mol. The Morgan fingerprint density at radius 2 is 1.50 bits per heavy atom. The van der Waals surface area contributed by atoms with Gasteiger partial charge in [-0.05, 0) is 52.4 Å². The van der Waals surface area contributed by atoms with Crippen molar-refractivity contribution in [2.75, 3.05) is 26.7 Å². The zero-order valence-corrected chi connectivity index (χ0v) is 12.1. The summed E-state index contributed by atoms with van der Waals surface area (Å²) >= 11 is 0. The number of nitrogens with zero attached hydrogens (tertiary/aromatic N) is 1. The van der Waals surface area contributed by atoms with Crippen molar-refractivity contribution in [2.45, 2.75) is 59.4 Å². The van der Waals surface area contributed by atoms with Gasteiger partial charge in [-0.2, -0.15) is 0 Å². The first-order valence-electron chi connectivity index (χ1n) is 7.05. The van der Waals surface area contributed by atoms with Crippen LogP contribution < -0.4 is 5.32 Å². The van der Waals surface area contributed by atoms with Crippen molar-refractivity contribution in [3.05, 3.63) is 0 Å². The van der Waals surface area contributed by atoms with Crippen molar-refractivity contribution in [3.8, 4) is 0 Å². The summed E-state index contributed by atoms with van der Waals surface area (Å²) in [5, 5.41) is 3.29. The smallest absolute Gasteiger partial charge is 0.0105 e. The molecule has 2 nitrogen and oxygen atoms in total. The molecule has 2 heteroatoms. The molecule has 1 N–H and O–H groups in total. The second-order valence-electron chi connectivity index (χ2n) is 5.02. The van der Waals surface area contributed by atoms with Gasteiger partial charge in [0.25, 0.3) is 0 Å². The monoisotopic (exact) mass is 228 g/mol. The summed E-state index contributed by atoms with van der Waals surface area (Å²) in [6.07, 6.45) is 5.27. The van der Waals surface area contributed by atoms with Gasteiger partial charge in [0.05, 0.1) is 0 Å². The van der Waals surface area contributed by atoms with E-state index in [9.17, 15) is 0 Å². The van der Waals surface area contributed by atoms with Crippen molar-refractivity contribution in [2.24, 2.45) is 5.92 Å². The zero-order valence-electron chi connectivity index (χ0n) is 12.1. The van der Waals surface area contributed by atoms with Crippen LogP contribution in [0, 0.1) is 5.92 Å². The summed E-state index contributed by atoms with van der Waals surface area (Å²) in [7, 11) is 2.05. The van der Waals surface area contributed by atoms with Crippen LogP contribution in [0.4, 0.5) is 0 Å². The fourth-order valence-corrected chi connectivity index (χ4v) is 2.09. The normalized spacial score (nSPS) is 15.4. The van der Waals surface area contributed by atoms with Gasteiger partial charge < -0.3 is 10.2 Å². The molecule has 0 aromatic carbocycles. The lowest BCUT2D eigenvalue weighted by Gasteiger charge is -2.33. The Kier molecular flexibility index (Phi) is 10.0. The fourth-order valence-electron chi connectivity index (χ4n) is 2.09. The topological polar surface area (TPSA) is 15.3 Å². The van der Waals surface area contributed by atoms with Gasteiger partial charge in [0, 0.05) is 6.04 Å². The Morgan fingerprint density at radius 1 is 1.00 bits per heavy atom. The molecule has 98 valence electrons. The van der Waals surface area contributed by atoms with Gasteiger partial charge in [0.15, 0.2) is 0 Å². The third kappa shape index (κ3) is 6.49. The van der Waals surface area contributed by atoms with E-state index in [-0.39, 0.29) is 0 Å². The van der Waals surface area contributed by atoms with Crippen LogP contribution in [-0.2, 0) is 0 Å². The lowest BCUT2D eigenvalue weighted by atomic mass is 10.0. The van der Waals surface area contributed by atoms with Gasteiger partial charge in [-0.25, -0.2) is 0 Å². The average Bonchev–Trinajstić information content (AvgIpc) is 2.29. The van der Waals surface area contributed by atoms with Gasteiger partial charge in [0.2, 0.25) is 0 Å². The van der Waals surface area contributed by atoms with E-state index in [0.29, 0.717) is 6.04 Å². The Bertz CT molecular complexity index is 140. The number of hydrogen-bond donors (Lipinski definition) is 1. The molecule has 0 amide bonds. The van der Waals surface area contributed by atoms with E-state index < -0.39 is 0 Å². The molecule has 0 saturated carbocycles. The predicted octanol–water partition coefficient (Wildman–Crippen LogP) is 3.13. The number of nitrogens with one attached hydrogen (secondary N) is 1. The Balaban J connectivity index is 4.11. The molecule has 2 unspecified atom stereocenters. The molecule has 0 radical (unpaired) electrons. The van der Waals surface area contributed by atoms with Crippen LogP contribution in [-0.4, -0.2) is 37.6 Å². The summed E-state index contributed by atoms with van der Waals surface area (Å²) in [4.78, 5) is 2.68. The van der Waals surface area contributed by atoms with Crippen molar-refractivity contribution >= 4 is 0 Å². The summed E-state index contributed by atoms with van der Waals surface area (Å²) in [5.74, 6) is 0.735. The molecule has 0 bridgehead atoms. The molecule has 0 heterocycles. The van der Waals surface area contributed by atoms with E-state index in [4.69, 9.17) is 0 Å². The van der Waals surface area contributed by atoms with Crippen LogP contribution in [0.5, 0.6) is 0 Å². The highest BCUT2D eigenvalue weighted by molar-refractivity contribution is 4.74. The van der Waals surface area contributed by atoms with E-state index in [0.717, 1.165) is 12.5 Å². The zero-order chi connectivity index (χ0) is 12.4. The Labute approximate surface area is 103 Å². The molecule has 0 fully saturated rings. The van der Waals surface area contributed by atoms with Gasteiger partial charge in [-0.15, -0.1) is 0 Å². The molecule has 0 aromatic rings. The number of hydrogen-bond acceptors (Lipinski definition) is 2. The molecular formula is C14H32N2. The van der Waals surface area contributed by atoms with Gasteiger partial charge in [0.1, 0.15) is 0 Å². The van der Waals surface area contributed by atoms with Crippen molar-refractivity contribution in [1.29, 1.82) is 0 Å². The fraction of sp³-hybridized carbons (Fsp3) is 1.00. The first-order valence-corrected chi connectivity index (χ1v) is 7.05. The van der Waals surface area contributed by atoms with Crippen molar-refractivity contribution < 1.29 is 0 Å². The second-order valence-corrected chi connectivity index (χ2v) is 5.02. The maximum atomic E-state index is 3.29. The first-order chi connectivity index (χ1) is 7.67. The minimum Gasteiger partial charge on any atom is -0.319 e. The number of unbranched alkanes of at least 4 members (excludes halogenated alkanes) is 2. The molecule has 0 spiro atoms. The Morgan fingerprint density at radius 3 is 1.88 bits per heavy atom. The van der Waals surface area contributed by atoms with E-state index in [2.05, 4.69) is 37.9 Å². The molecule has 0 aliphatic heterocycles. The molecule has 2 atom stereocenters. The first kappa shape index (κ1) is 15.9. The van der Waals surface area contributed by atoms with E-state index >= 15 is 0 Å². The summed E-state index contributed by atoms with van der Waals surface area (Å²) < 4.78 is 0. The average molecular weight is 228 g/mol. The van der Waals surface area contributed by atoms with Crippen LogP contribution in [0.15, 0.2) is 0 Å². The molecule has 0 aliphatic carbocycles. The lowest BCUT2D eigenvalue weighted by Crippen LogP contribution is -2.41. The maximum Gasteiger partial charge on any atom is 0.0105 e. The van der Waals surface area contributed by atoms with E-state index in [1.54, 1.807) is 0 Å². The third-order valence-corrected chi connectivity index (χ3v) is 3.52. The van der Waals surface area contributed by atoms with Crippen LogP contribution in [0.3, 0.4) is 0 Å². The van der Waals surface area contributed by atoms with Gasteiger partial charge >= 0.3 is 0 Å². The molecule has 0 aromatic heterocycles. The lowest BCUT2D eigenvalue weighted by molar-refractivity contribution is 0.156. The third-order valence-electron chi connectivity index (χ3n) is 3.52. The quantitative estimate of drug-likeness (QED) is 0.618. The van der Waals surface area contributed by atoms with E-state index in [1.165, 1.54) is 38.8 Å². The molecule has 0 rings (SSSR count). The van der Waals surface area contributed by atoms with Gasteiger partial charge in [-0.1, -0.05) is 33.6 Å². The minimum absolute atomic E-state index is 0.700. The standard InChI is InChI=1S/C14H32N2/c1-6-8-10-16(11-9-7-2)14(4)13(3)12-15-5/h13-15H,6-12H2,1-5H3. The van der Waals surface area contributed by atoms with Crippen LogP contribution in [0.2, 0.25) is 0 Å². The van der Waals surface area contributed by atoms with Crippen LogP contribution >= 0.6 is 0 Å². The summed E-state index contributed by atoms with van der Waals surface area (Å²) in [5.41, 5.74) is 0. The highest BCUT2D eigenvalue weighted by Gasteiger charge is 2.18. The SMILES string of the molecule is CCCCN(CCCC)C(C)C(C)CNC. The second kappa shape index (κ2) is 10.1. The highest BCUT2D eigenvalue weighted by atomic mass is 15.2. The molecule has 0 aliphatic rings. The van der Waals surface area contributed by atoms with Crippen LogP contribution in [0.25, 0.3) is 0 Å². The largest absolute Gasteiger partial charge is 0.319 e. The summed E-state index contributed by atoms with van der Waals surface area (Å²) in [6, 6.07) is 0.700. The maximum absolute atomic E-state index is 3.29. The minimum atomic E-state index is 0.700. The van der Waals surface area contributed by atoms with E-state index in [1.807, 2.05) is 7.05 Å². The molecule has 0 saturated heterocycles. The van der Waals surface area contributed by atoms with Gasteiger partial charge in [-0.3, -0.25) is 0 Å². The van der Waals surface area contributed by atoms with Crippen molar-refractivity contribution in [3.63, 3.8) is 0 Å². The Hall–Kier alpha value is -0.0800. The molecular weight excluding hydrogens is 196 g/mol. The summed E-state index contributed by atoms with van der Waals surface area (Å²) in [6.45, 7) is 13.0. The highest BCUT2D eigenvalue weighted by Crippen LogP contribution is 2.12. The van der Waals surface area contributed by atoms with Crippen molar-refractivity contribution in [1.82, 2.24) is 10.2 Å².